The Labute approximate surface area is 126 Å². The average Bonchev–Trinajstić information content (AvgIpc) is 2.97. The number of hydrogen-bond donors (Lipinski definition) is 0. The summed E-state index contributed by atoms with van der Waals surface area (Å²) in [5, 5.41) is 1.14. The third kappa shape index (κ3) is 2.39. The zero-order chi connectivity index (χ0) is 14.8. The van der Waals surface area contributed by atoms with Crippen molar-refractivity contribution in [3.8, 4) is 10.4 Å². The molecule has 0 saturated heterocycles. The fraction of sp³-hybridized carbons (Fsp3) is 0.0588. The summed E-state index contributed by atoms with van der Waals surface area (Å²) in [4.78, 5) is 16.2. The van der Waals surface area contributed by atoms with Crippen LogP contribution in [-0.4, -0.2) is 13.1 Å². The van der Waals surface area contributed by atoms with Gasteiger partial charge in [-0.2, -0.15) is 0 Å². The standard InChI is InChI=1S/C17H11NO2S/c1-18-14-8-7-12(17(19)20-2)9-13(14)16-10-11-5-3-4-6-15(11)21-16/h3-10H,2H3. The summed E-state index contributed by atoms with van der Waals surface area (Å²) in [5.74, 6) is -0.395. The van der Waals surface area contributed by atoms with Crippen molar-refractivity contribution in [3.05, 3.63) is 65.5 Å². The molecule has 0 spiro atoms. The fourth-order valence-corrected chi connectivity index (χ4v) is 3.28. The molecule has 102 valence electrons. The van der Waals surface area contributed by atoms with E-state index in [-0.39, 0.29) is 0 Å². The molecule has 2 aromatic carbocycles. The molecule has 3 rings (SSSR count). The summed E-state index contributed by atoms with van der Waals surface area (Å²) in [7, 11) is 1.35. The van der Waals surface area contributed by atoms with Crippen LogP contribution in [0.5, 0.6) is 0 Å². The zero-order valence-corrected chi connectivity index (χ0v) is 12.1. The largest absolute Gasteiger partial charge is 0.465 e. The number of fused-ring (bicyclic) bond motifs is 1. The van der Waals surface area contributed by atoms with Crippen LogP contribution in [0.1, 0.15) is 10.4 Å². The van der Waals surface area contributed by atoms with Gasteiger partial charge in [0.2, 0.25) is 0 Å². The van der Waals surface area contributed by atoms with Gasteiger partial charge in [-0.3, -0.25) is 0 Å². The average molecular weight is 293 g/mol. The van der Waals surface area contributed by atoms with Crippen molar-refractivity contribution < 1.29 is 9.53 Å². The lowest BCUT2D eigenvalue weighted by molar-refractivity contribution is 0.0601. The number of esters is 1. The summed E-state index contributed by atoms with van der Waals surface area (Å²) in [6.45, 7) is 7.30. The van der Waals surface area contributed by atoms with Gasteiger partial charge in [-0.15, -0.1) is 11.3 Å². The third-order valence-corrected chi connectivity index (χ3v) is 4.38. The first-order chi connectivity index (χ1) is 10.2. The number of carbonyl (C=O) groups is 1. The Bertz CT molecular complexity index is 841. The molecule has 3 nitrogen and oxygen atoms in total. The van der Waals surface area contributed by atoms with E-state index in [9.17, 15) is 4.79 Å². The quantitative estimate of drug-likeness (QED) is 0.496. The molecule has 1 heterocycles. The molecule has 0 N–H and O–H groups in total. The fourth-order valence-electron chi connectivity index (χ4n) is 2.19. The number of thiophene rings is 1. The normalized spacial score (nSPS) is 10.3. The SMILES string of the molecule is [C-]#[N+]c1ccc(C(=O)OC)cc1-c1cc2ccccc2s1. The second-order valence-corrected chi connectivity index (χ2v) is 5.57. The summed E-state index contributed by atoms with van der Waals surface area (Å²) in [6.07, 6.45) is 0. The number of ether oxygens (including phenoxy) is 1. The Kier molecular flexibility index (Phi) is 3.43. The summed E-state index contributed by atoms with van der Waals surface area (Å²) >= 11 is 1.61. The number of nitrogens with zero attached hydrogens (tertiary/aromatic N) is 1. The number of hydrogen-bond acceptors (Lipinski definition) is 3. The maximum atomic E-state index is 11.7. The predicted octanol–water partition coefficient (Wildman–Crippen LogP) is 4.91. The van der Waals surface area contributed by atoms with E-state index in [4.69, 9.17) is 11.3 Å². The van der Waals surface area contributed by atoms with E-state index in [0.29, 0.717) is 11.3 Å². The first-order valence-electron chi connectivity index (χ1n) is 6.31. The molecule has 0 amide bonds. The van der Waals surface area contributed by atoms with Crippen molar-refractivity contribution in [2.75, 3.05) is 7.11 Å². The second kappa shape index (κ2) is 5.39. The molecule has 0 fully saturated rings. The smallest absolute Gasteiger partial charge is 0.337 e. The molecule has 0 aliphatic carbocycles. The molecule has 0 aliphatic heterocycles. The molecule has 3 aromatic rings. The maximum absolute atomic E-state index is 11.7. The minimum atomic E-state index is -0.395. The Morgan fingerprint density at radius 2 is 2.00 bits per heavy atom. The highest BCUT2D eigenvalue weighted by atomic mass is 32.1. The number of rotatable bonds is 2. The van der Waals surface area contributed by atoms with Crippen LogP contribution in [0.25, 0.3) is 25.4 Å². The minimum absolute atomic E-state index is 0.395. The van der Waals surface area contributed by atoms with Gasteiger partial charge in [-0.25, -0.2) is 9.64 Å². The topological polar surface area (TPSA) is 30.7 Å². The lowest BCUT2D eigenvalue weighted by atomic mass is 10.1. The second-order valence-electron chi connectivity index (χ2n) is 4.48. The van der Waals surface area contributed by atoms with Gasteiger partial charge < -0.3 is 4.74 Å². The van der Waals surface area contributed by atoms with Gasteiger partial charge in [-0.1, -0.05) is 30.3 Å². The van der Waals surface area contributed by atoms with E-state index in [2.05, 4.69) is 4.85 Å². The molecular weight excluding hydrogens is 282 g/mol. The first-order valence-corrected chi connectivity index (χ1v) is 7.13. The van der Waals surface area contributed by atoms with Crippen LogP contribution in [-0.2, 0) is 4.74 Å². The monoisotopic (exact) mass is 293 g/mol. The van der Waals surface area contributed by atoms with Crippen LogP contribution < -0.4 is 0 Å². The van der Waals surface area contributed by atoms with Gasteiger partial charge in [0, 0.05) is 9.58 Å². The molecule has 0 saturated carbocycles. The third-order valence-electron chi connectivity index (χ3n) is 3.23. The van der Waals surface area contributed by atoms with Crippen LogP contribution in [0.4, 0.5) is 5.69 Å². The Balaban J connectivity index is 2.19. The van der Waals surface area contributed by atoms with Gasteiger partial charge in [0.25, 0.3) is 0 Å². The molecule has 21 heavy (non-hydrogen) atoms. The van der Waals surface area contributed by atoms with Crippen molar-refractivity contribution in [2.45, 2.75) is 0 Å². The van der Waals surface area contributed by atoms with Crippen molar-refractivity contribution in [2.24, 2.45) is 0 Å². The minimum Gasteiger partial charge on any atom is -0.465 e. The van der Waals surface area contributed by atoms with E-state index in [1.54, 1.807) is 29.5 Å². The molecule has 4 heteroatoms. The van der Waals surface area contributed by atoms with Crippen LogP contribution in [0.2, 0.25) is 0 Å². The molecule has 0 unspecified atom stereocenters. The Morgan fingerprint density at radius 3 is 2.71 bits per heavy atom. The summed E-state index contributed by atoms with van der Waals surface area (Å²) in [6, 6.07) is 15.1. The maximum Gasteiger partial charge on any atom is 0.337 e. The van der Waals surface area contributed by atoms with Crippen LogP contribution in [0, 0.1) is 6.57 Å². The van der Waals surface area contributed by atoms with Crippen LogP contribution in [0.3, 0.4) is 0 Å². The first kappa shape index (κ1) is 13.3. The molecule has 0 aliphatic rings. The van der Waals surface area contributed by atoms with Crippen molar-refractivity contribution in [1.29, 1.82) is 0 Å². The van der Waals surface area contributed by atoms with E-state index < -0.39 is 5.97 Å². The molecule has 0 atom stereocenters. The van der Waals surface area contributed by atoms with Crippen molar-refractivity contribution in [3.63, 3.8) is 0 Å². The van der Waals surface area contributed by atoms with Gasteiger partial charge in [0.05, 0.1) is 19.2 Å². The molecule has 1 aromatic heterocycles. The summed E-state index contributed by atoms with van der Waals surface area (Å²) in [5.41, 5.74) is 1.76. The van der Waals surface area contributed by atoms with E-state index in [1.165, 1.54) is 7.11 Å². The number of carbonyl (C=O) groups excluding carboxylic acids is 1. The molecule has 0 bridgehead atoms. The van der Waals surface area contributed by atoms with Gasteiger partial charge in [0.15, 0.2) is 5.69 Å². The van der Waals surface area contributed by atoms with Gasteiger partial charge >= 0.3 is 5.97 Å². The highest BCUT2D eigenvalue weighted by Crippen LogP contribution is 2.39. The van der Waals surface area contributed by atoms with Gasteiger partial charge in [0.1, 0.15) is 0 Å². The lowest BCUT2D eigenvalue weighted by Gasteiger charge is -2.04. The highest BCUT2D eigenvalue weighted by Gasteiger charge is 2.13. The lowest BCUT2D eigenvalue weighted by Crippen LogP contribution is -2.00. The molecule has 0 radical (unpaired) electrons. The van der Waals surface area contributed by atoms with E-state index in [0.717, 1.165) is 20.5 Å². The van der Waals surface area contributed by atoms with Crippen molar-refractivity contribution >= 4 is 33.1 Å². The highest BCUT2D eigenvalue weighted by molar-refractivity contribution is 7.22. The number of methoxy groups -OCH3 is 1. The van der Waals surface area contributed by atoms with Crippen LogP contribution >= 0.6 is 11.3 Å². The Hall–Kier alpha value is -2.64. The van der Waals surface area contributed by atoms with Crippen molar-refractivity contribution in [1.82, 2.24) is 0 Å². The van der Waals surface area contributed by atoms with E-state index in [1.807, 2.05) is 30.3 Å². The zero-order valence-electron chi connectivity index (χ0n) is 11.3. The predicted molar refractivity (Wildman–Crippen MR) is 84.9 cm³/mol. The Morgan fingerprint density at radius 1 is 1.19 bits per heavy atom. The summed E-state index contributed by atoms with van der Waals surface area (Å²) < 4.78 is 5.91. The number of benzene rings is 2. The molecular formula is C17H11NO2S. The van der Waals surface area contributed by atoms with Crippen LogP contribution in [0.15, 0.2) is 48.5 Å². The van der Waals surface area contributed by atoms with Gasteiger partial charge in [-0.05, 0) is 29.1 Å². The van der Waals surface area contributed by atoms with E-state index >= 15 is 0 Å².